The molecule has 7 heteroatoms. The summed E-state index contributed by atoms with van der Waals surface area (Å²) in [6, 6.07) is 2.82. The van der Waals surface area contributed by atoms with Crippen molar-refractivity contribution in [3.05, 3.63) is 29.8 Å². The van der Waals surface area contributed by atoms with Gasteiger partial charge in [-0.3, -0.25) is 0 Å². The number of ether oxygens (including phenoxy) is 1. The summed E-state index contributed by atoms with van der Waals surface area (Å²) < 4.78 is 53.2. The molecule has 0 spiro atoms. The van der Waals surface area contributed by atoms with Crippen molar-refractivity contribution in [1.29, 1.82) is 0 Å². The van der Waals surface area contributed by atoms with Gasteiger partial charge in [-0.15, -0.1) is 0 Å². The second-order valence-corrected chi connectivity index (χ2v) is 6.45. The Labute approximate surface area is 105 Å². The third kappa shape index (κ3) is 4.97. The van der Waals surface area contributed by atoms with E-state index in [1.54, 1.807) is 13.8 Å². The molecule has 0 fully saturated rings. The largest absolute Gasteiger partial charge is 0.490 e. The van der Waals surface area contributed by atoms with Gasteiger partial charge in [0.05, 0.1) is 12.4 Å². The van der Waals surface area contributed by atoms with Crippen molar-refractivity contribution < 1.29 is 21.9 Å². The maximum Gasteiger partial charge on any atom is 0.209 e. The van der Waals surface area contributed by atoms with E-state index in [0.29, 0.717) is 0 Å². The first-order valence-electron chi connectivity index (χ1n) is 5.17. The molecule has 0 aliphatic heterocycles. The number of hydrogen-bond acceptors (Lipinski definition) is 3. The van der Waals surface area contributed by atoms with Gasteiger partial charge in [-0.25, -0.2) is 22.3 Å². The highest BCUT2D eigenvalue weighted by atomic mass is 32.2. The minimum Gasteiger partial charge on any atom is -0.490 e. The van der Waals surface area contributed by atoms with Gasteiger partial charge in [-0.1, -0.05) is 13.8 Å². The third-order valence-corrected chi connectivity index (χ3v) is 3.29. The molecule has 0 unspecified atom stereocenters. The zero-order chi connectivity index (χ0) is 14.0. The summed E-state index contributed by atoms with van der Waals surface area (Å²) in [5.74, 6) is -1.90. The molecular weight excluding hydrogens is 264 g/mol. The Bertz CT molecular complexity index is 529. The van der Waals surface area contributed by atoms with Gasteiger partial charge in [0.25, 0.3) is 0 Å². The van der Waals surface area contributed by atoms with Crippen LogP contribution in [0.2, 0.25) is 0 Å². The Hall–Kier alpha value is -1.21. The number of rotatable bonds is 5. The van der Waals surface area contributed by atoms with Crippen LogP contribution in [-0.2, 0) is 10.0 Å². The molecule has 102 valence electrons. The molecule has 0 atom stereocenters. The number of benzene rings is 1. The smallest absolute Gasteiger partial charge is 0.209 e. The van der Waals surface area contributed by atoms with Crippen LogP contribution in [0.3, 0.4) is 0 Å². The predicted octanol–water partition coefficient (Wildman–Crippen LogP) is 1.66. The van der Waals surface area contributed by atoms with Gasteiger partial charge in [0, 0.05) is 11.5 Å². The Kier molecular flexibility index (Phi) is 4.28. The van der Waals surface area contributed by atoms with Crippen LogP contribution in [0.15, 0.2) is 18.2 Å². The lowest BCUT2D eigenvalue weighted by Crippen LogP contribution is -2.33. The Morgan fingerprint density at radius 3 is 2.50 bits per heavy atom. The molecule has 0 radical (unpaired) electrons. The molecule has 0 aliphatic rings. The molecule has 0 heterocycles. The van der Waals surface area contributed by atoms with Crippen LogP contribution in [-0.4, -0.2) is 20.8 Å². The Balaban J connectivity index is 2.72. The normalized spacial score (nSPS) is 12.5. The van der Waals surface area contributed by atoms with Gasteiger partial charge in [-0.05, 0) is 12.1 Å². The summed E-state index contributed by atoms with van der Waals surface area (Å²) >= 11 is 0. The second-order valence-electron chi connectivity index (χ2n) is 4.83. The van der Waals surface area contributed by atoms with Crippen molar-refractivity contribution in [2.45, 2.75) is 13.8 Å². The number of nitrogens with two attached hydrogens (primary N) is 1. The third-order valence-electron chi connectivity index (χ3n) is 2.10. The van der Waals surface area contributed by atoms with Crippen molar-refractivity contribution in [2.24, 2.45) is 10.6 Å². The lowest BCUT2D eigenvalue weighted by Gasteiger charge is -2.23. The highest BCUT2D eigenvalue weighted by Crippen LogP contribution is 2.23. The molecule has 0 saturated heterocycles. The summed E-state index contributed by atoms with van der Waals surface area (Å²) in [4.78, 5) is 0. The zero-order valence-electron chi connectivity index (χ0n) is 10.1. The lowest BCUT2D eigenvalue weighted by molar-refractivity contribution is 0.192. The first-order valence-corrected chi connectivity index (χ1v) is 6.89. The number of hydrogen-bond donors (Lipinski definition) is 1. The molecule has 1 aromatic carbocycles. The average Bonchev–Trinajstić information content (AvgIpc) is 2.16. The standard InChI is InChI=1S/C11H15F2NO3S/c1-11(2,7-18(14,15)16)6-17-10-5-8(12)3-4-9(10)13/h3-5H,6-7H2,1-2H3,(H2,14,15,16). The van der Waals surface area contributed by atoms with Gasteiger partial charge in [-0.2, -0.15) is 0 Å². The van der Waals surface area contributed by atoms with Crippen LogP contribution in [0.25, 0.3) is 0 Å². The Morgan fingerprint density at radius 2 is 1.94 bits per heavy atom. The van der Waals surface area contributed by atoms with Crippen LogP contribution in [0, 0.1) is 17.0 Å². The zero-order valence-corrected chi connectivity index (χ0v) is 10.9. The fraction of sp³-hybridized carbons (Fsp3) is 0.455. The molecule has 1 rings (SSSR count). The van der Waals surface area contributed by atoms with E-state index in [2.05, 4.69) is 0 Å². The molecule has 0 aromatic heterocycles. The second kappa shape index (κ2) is 5.19. The van der Waals surface area contributed by atoms with E-state index in [9.17, 15) is 17.2 Å². The van der Waals surface area contributed by atoms with E-state index >= 15 is 0 Å². The highest BCUT2D eigenvalue weighted by molar-refractivity contribution is 7.89. The SMILES string of the molecule is CC(C)(COc1cc(F)ccc1F)CS(N)(=O)=O. The minimum atomic E-state index is -3.65. The summed E-state index contributed by atoms with van der Waals surface area (Å²) in [5.41, 5.74) is -0.799. The summed E-state index contributed by atoms with van der Waals surface area (Å²) in [5, 5.41) is 4.93. The molecule has 0 bridgehead atoms. The van der Waals surface area contributed by atoms with Gasteiger partial charge >= 0.3 is 0 Å². The fourth-order valence-electron chi connectivity index (χ4n) is 1.45. The minimum absolute atomic E-state index is 0.0934. The maximum absolute atomic E-state index is 13.2. The van der Waals surface area contributed by atoms with Crippen molar-refractivity contribution in [2.75, 3.05) is 12.4 Å². The Morgan fingerprint density at radius 1 is 1.33 bits per heavy atom. The molecule has 1 aromatic rings. The van der Waals surface area contributed by atoms with Crippen LogP contribution in [0.4, 0.5) is 8.78 Å². The van der Waals surface area contributed by atoms with Crippen LogP contribution >= 0.6 is 0 Å². The van der Waals surface area contributed by atoms with Gasteiger partial charge in [0.1, 0.15) is 5.82 Å². The number of primary sulfonamides is 1. The molecule has 0 amide bonds. The van der Waals surface area contributed by atoms with Crippen molar-refractivity contribution in [3.8, 4) is 5.75 Å². The first kappa shape index (κ1) is 14.8. The van der Waals surface area contributed by atoms with E-state index in [4.69, 9.17) is 9.88 Å². The number of halogens is 2. The van der Waals surface area contributed by atoms with Crippen LogP contribution in [0.1, 0.15) is 13.8 Å². The first-order chi connectivity index (χ1) is 8.09. The molecule has 18 heavy (non-hydrogen) atoms. The van der Waals surface area contributed by atoms with E-state index in [0.717, 1.165) is 18.2 Å². The molecule has 0 saturated carbocycles. The fourth-order valence-corrected chi connectivity index (χ4v) is 2.62. The van der Waals surface area contributed by atoms with Crippen molar-refractivity contribution in [3.63, 3.8) is 0 Å². The monoisotopic (exact) mass is 279 g/mol. The van der Waals surface area contributed by atoms with Crippen molar-refractivity contribution >= 4 is 10.0 Å². The van der Waals surface area contributed by atoms with E-state index in [1.165, 1.54) is 0 Å². The molecule has 0 aliphatic carbocycles. The van der Waals surface area contributed by atoms with Crippen molar-refractivity contribution in [1.82, 2.24) is 0 Å². The quantitative estimate of drug-likeness (QED) is 0.891. The topological polar surface area (TPSA) is 69.4 Å². The molecule has 4 nitrogen and oxygen atoms in total. The molecular formula is C11H15F2NO3S. The van der Waals surface area contributed by atoms with E-state index < -0.39 is 27.1 Å². The maximum atomic E-state index is 13.2. The summed E-state index contributed by atoms with van der Waals surface area (Å²) in [7, 11) is -3.65. The van der Waals surface area contributed by atoms with E-state index in [1.807, 2.05) is 0 Å². The van der Waals surface area contributed by atoms with Gasteiger partial charge in [0.15, 0.2) is 11.6 Å². The number of sulfonamides is 1. The van der Waals surface area contributed by atoms with E-state index in [-0.39, 0.29) is 18.1 Å². The summed E-state index contributed by atoms with van der Waals surface area (Å²) in [6.07, 6.45) is 0. The van der Waals surface area contributed by atoms with Crippen LogP contribution in [0.5, 0.6) is 5.75 Å². The molecule has 2 N–H and O–H groups in total. The highest BCUT2D eigenvalue weighted by Gasteiger charge is 2.25. The summed E-state index contributed by atoms with van der Waals surface area (Å²) in [6.45, 7) is 3.12. The van der Waals surface area contributed by atoms with Gasteiger partial charge in [0.2, 0.25) is 10.0 Å². The average molecular weight is 279 g/mol. The predicted molar refractivity (Wildman–Crippen MR) is 63.6 cm³/mol. The lowest BCUT2D eigenvalue weighted by atomic mass is 9.98. The van der Waals surface area contributed by atoms with Crippen LogP contribution < -0.4 is 9.88 Å². The van der Waals surface area contributed by atoms with Gasteiger partial charge < -0.3 is 4.74 Å².